The maximum atomic E-state index is 6.99. The topological polar surface area (TPSA) is 9.23 Å². The minimum absolute atomic E-state index is 0.105. The molecule has 0 bridgehead atoms. The molecular formula is C48H32O. The Kier molecular flexibility index (Phi) is 5.17. The Balaban J connectivity index is 1.17. The molecule has 0 radical (unpaired) electrons. The van der Waals surface area contributed by atoms with Gasteiger partial charge in [-0.3, -0.25) is 0 Å². The highest BCUT2D eigenvalue weighted by atomic mass is 16.5. The van der Waals surface area contributed by atoms with Gasteiger partial charge >= 0.3 is 0 Å². The summed E-state index contributed by atoms with van der Waals surface area (Å²) in [4.78, 5) is 0. The molecule has 2 aliphatic carbocycles. The van der Waals surface area contributed by atoms with Crippen LogP contribution in [0, 0.1) is 0 Å². The lowest BCUT2D eigenvalue weighted by molar-refractivity contribution is 0.442. The monoisotopic (exact) mass is 624 g/mol. The lowest BCUT2D eigenvalue weighted by Gasteiger charge is -2.40. The van der Waals surface area contributed by atoms with Crippen molar-refractivity contribution in [2.24, 2.45) is 0 Å². The molecule has 0 amide bonds. The Morgan fingerprint density at radius 2 is 0.980 bits per heavy atom. The molecule has 1 heteroatoms. The summed E-state index contributed by atoms with van der Waals surface area (Å²) in [6.07, 6.45) is 0. The van der Waals surface area contributed by atoms with Crippen LogP contribution < -0.4 is 4.74 Å². The fraction of sp³-hybridized carbons (Fsp3) is 0.0833. The van der Waals surface area contributed by atoms with E-state index in [1.807, 2.05) is 0 Å². The van der Waals surface area contributed by atoms with Crippen LogP contribution >= 0.6 is 0 Å². The molecule has 0 unspecified atom stereocenters. The summed E-state index contributed by atoms with van der Waals surface area (Å²) in [5.41, 5.74) is 14.9. The van der Waals surface area contributed by atoms with Crippen LogP contribution in [0.15, 0.2) is 158 Å². The molecule has 0 N–H and O–H groups in total. The lowest BCUT2D eigenvalue weighted by atomic mass is 9.65. The minimum Gasteiger partial charge on any atom is -0.456 e. The van der Waals surface area contributed by atoms with E-state index in [4.69, 9.17) is 4.74 Å². The molecule has 3 aliphatic rings. The van der Waals surface area contributed by atoms with E-state index < -0.39 is 5.41 Å². The number of hydrogen-bond acceptors (Lipinski definition) is 1. The van der Waals surface area contributed by atoms with Crippen LogP contribution in [0.2, 0.25) is 0 Å². The van der Waals surface area contributed by atoms with Crippen molar-refractivity contribution in [3.63, 3.8) is 0 Å². The van der Waals surface area contributed by atoms with E-state index in [9.17, 15) is 0 Å². The summed E-state index contributed by atoms with van der Waals surface area (Å²) in [7, 11) is 0. The fourth-order valence-electron chi connectivity index (χ4n) is 9.50. The fourth-order valence-corrected chi connectivity index (χ4v) is 9.50. The molecule has 1 spiro atoms. The van der Waals surface area contributed by atoms with Crippen molar-refractivity contribution in [3.05, 3.63) is 191 Å². The van der Waals surface area contributed by atoms with E-state index in [0.717, 1.165) is 16.9 Å². The number of hydrogen-bond donors (Lipinski definition) is 0. The highest BCUT2D eigenvalue weighted by Crippen LogP contribution is 2.63. The summed E-state index contributed by atoms with van der Waals surface area (Å²) in [6.45, 7) is 4.75. The van der Waals surface area contributed by atoms with E-state index in [0.29, 0.717) is 0 Å². The Labute approximate surface area is 286 Å². The van der Waals surface area contributed by atoms with Gasteiger partial charge in [0.2, 0.25) is 0 Å². The number of fused-ring (bicyclic) bond motifs is 16. The number of benzene rings is 8. The molecule has 1 aliphatic heterocycles. The maximum Gasteiger partial charge on any atom is 0.140 e. The Bertz CT molecular complexity index is 2680. The second kappa shape index (κ2) is 9.36. The van der Waals surface area contributed by atoms with Gasteiger partial charge in [0.05, 0.1) is 5.41 Å². The van der Waals surface area contributed by atoms with E-state index in [1.54, 1.807) is 0 Å². The van der Waals surface area contributed by atoms with Gasteiger partial charge in [0.25, 0.3) is 0 Å². The van der Waals surface area contributed by atoms with E-state index >= 15 is 0 Å². The predicted molar refractivity (Wildman–Crippen MR) is 202 cm³/mol. The molecule has 1 nitrogen and oxygen atoms in total. The number of rotatable bonds is 1. The SMILES string of the molecule is CC1(C)c2cc(-c3ccc4c(c3)C3(c5ccccc5-c5ccccc53)c3ccc5ccccc5c3O4)ccc2-c2c1ccc1ccccc21. The average Bonchev–Trinajstić information content (AvgIpc) is 3.57. The Morgan fingerprint density at radius 3 is 1.71 bits per heavy atom. The zero-order chi connectivity index (χ0) is 32.5. The summed E-state index contributed by atoms with van der Waals surface area (Å²) < 4.78 is 6.99. The predicted octanol–water partition coefficient (Wildman–Crippen LogP) is 12.4. The summed E-state index contributed by atoms with van der Waals surface area (Å²) in [5, 5.41) is 4.95. The average molecular weight is 625 g/mol. The zero-order valence-corrected chi connectivity index (χ0v) is 27.4. The van der Waals surface area contributed by atoms with Gasteiger partial charge in [-0.05, 0) is 90.0 Å². The Morgan fingerprint density at radius 1 is 0.408 bits per heavy atom. The first-order valence-electron chi connectivity index (χ1n) is 17.3. The van der Waals surface area contributed by atoms with Crippen LogP contribution in [0.25, 0.3) is 54.9 Å². The molecule has 1 heterocycles. The van der Waals surface area contributed by atoms with E-state index in [1.165, 1.54) is 82.9 Å². The van der Waals surface area contributed by atoms with Crippen LogP contribution in [0.3, 0.4) is 0 Å². The van der Waals surface area contributed by atoms with Gasteiger partial charge in [-0.2, -0.15) is 0 Å². The summed E-state index contributed by atoms with van der Waals surface area (Å²) in [6, 6.07) is 58.5. The largest absolute Gasteiger partial charge is 0.456 e. The van der Waals surface area contributed by atoms with Crippen LogP contribution in [0.5, 0.6) is 11.5 Å². The molecule has 8 aromatic carbocycles. The van der Waals surface area contributed by atoms with Gasteiger partial charge < -0.3 is 4.74 Å². The van der Waals surface area contributed by atoms with Gasteiger partial charge in [0.1, 0.15) is 11.5 Å². The Hall–Kier alpha value is -5.92. The molecule has 0 saturated heterocycles. The minimum atomic E-state index is -0.513. The van der Waals surface area contributed by atoms with Gasteiger partial charge in [-0.15, -0.1) is 0 Å². The molecule has 0 fully saturated rings. The maximum absolute atomic E-state index is 6.99. The van der Waals surface area contributed by atoms with E-state index in [-0.39, 0.29) is 5.41 Å². The third-order valence-electron chi connectivity index (χ3n) is 11.7. The van der Waals surface area contributed by atoms with Gasteiger partial charge in [0, 0.05) is 21.9 Å². The van der Waals surface area contributed by atoms with Gasteiger partial charge in [0.15, 0.2) is 0 Å². The highest BCUT2D eigenvalue weighted by Gasteiger charge is 2.51. The van der Waals surface area contributed by atoms with Crippen molar-refractivity contribution in [1.29, 1.82) is 0 Å². The molecule has 230 valence electrons. The smallest absolute Gasteiger partial charge is 0.140 e. The second-order valence-electron chi connectivity index (χ2n) is 14.4. The first kappa shape index (κ1) is 27.1. The van der Waals surface area contributed by atoms with Crippen molar-refractivity contribution in [3.8, 4) is 44.9 Å². The molecule has 8 aromatic rings. The third-order valence-corrected chi connectivity index (χ3v) is 11.7. The molecule has 49 heavy (non-hydrogen) atoms. The number of ether oxygens (including phenoxy) is 1. The first-order chi connectivity index (χ1) is 24.0. The molecular weight excluding hydrogens is 593 g/mol. The van der Waals surface area contributed by atoms with Crippen molar-refractivity contribution in [2.45, 2.75) is 24.7 Å². The molecule has 0 atom stereocenters. The second-order valence-corrected chi connectivity index (χ2v) is 14.4. The summed E-state index contributed by atoms with van der Waals surface area (Å²) in [5.74, 6) is 1.87. The van der Waals surface area contributed by atoms with Crippen molar-refractivity contribution in [2.75, 3.05) is 0 Å². The van der Waals surface area contributed by atoms with Crippen LogP contribution in [0.4, 0.5) is 0 Å². The summed E-state index contributed by atoms with van der Waals surface area (Å²) >= 11 is 0. The highest BCUT2D eigenvalue weighted by molar-refractivity contribution is 6.03. The van der Waals surface area contributed by atoms with Crippen molar-refractivity contribution >= 4 is 21.5 Å². The van der Waals surface area contributed by atoms with Crippen LogP contribution in [0.1, 0.15) is 47.2 Å². The quantitative estimate of drug-likeness (QED) is 0.177. The van der Waals surface area contributed by atoms with Gasteiger partial charge in [-0.25, -0.2) is 0 Å². The molecule has 0 aromatic heterocycles. The van der Waals surface area contributed by atoms with Crippen LogP contribution in [-0.2, 0) is 10.8 Å². The zero-order valence-electron chi connectivity index (χ0n) is 27.4. The van der Waals surface area contributed by atoms with Gasteiger partial charge in [-0.1, -0.05) is 153 Å². The molecule has 0 saturated carbocycles. The first-order valence-corrected chi connectivity index (χ1v) is 17.3. The van der Waals surface area contributed by atoms with E-state index in [2.05, 4.69) is 172 Å². The van der Waals surface area contributed by atoms with Crippen molar-refractivity contribution < 1.29 is 4.74 Å². The third kappa shape index (κ3) is 3.35. The normalized spacial score (nSPS) is 15.2. The molecule has 11 rings (SSSR count). The van der Waals surface area contributed by atoms with Crippen molar-refractivity contribution in [1.82, 2.24) is 0 Å². The standard InChI is InChI=1S/C48H32O/c1-47(2)40-24-20-29-11-3-5-13-33(29)45(40)37-23-19-31(27-42(37)47)32-22-26-44-43(28-32)48(41-25-21-30-12-4-6-14-34(30)46(41)49-44)38-17-9-7-15-35(38)36-16-8-10-18-39(36)48/h3-28H,1-2H3. The lowest BCUT2D eigenvalue weighted by Crippen LogP contribution is -2.32. The van der Waals surface area contributed by atoms with Crippen LogP contribution in [-0.4, -0.2) is 0 Å².